The van der Waals surface area contributed by atoms with E-state index in [1.165, 1.54) is 0 Å². The molecule has 1 unspecified atom stereocenters. The number of hydrogen-bond acceptors (Lipinski definition) is 6. The predicted molar refractivity (Wildman–Crippen MR) is 334 cm³/mol. The molecule has 0 spiro atoms. The van der Waals surface area contributed by atoms with Crippen molar-refractivity contribution in [3.63, 3.8) is 0 Å². The Bertz CT molecular complexity index is 1840. The number of ether oxygens (including phenoxy) is 3. The van der Waals surface area contributed by atoms with Gasteiger partial charge in [0.25, 0.3) is 0 Å². The number of esters is 3. The monoisotopic (exact) mass is 1060 g/mol. The first-order chi connectivity index (χ1) is 38.0. The van der Waals surface area contributed by atoms with E-state index in [2.05, 4.69) is 203 Å². The van der Waals surface area contributed by atoms with Gasteiger partial charge in [-0.2, -0.15) is 0 Å². The van der Waals surface area contributed by atoms with Crippen molar-refractivity contribution in [2.45, 2.75) is 232 Å². The average Bonchev–Trinajstić information content (AvgIpc) is 3.43. The smallest absolute Gasteiger partial charge is 0.306 e. The van der Waals surface area contributed by atoms with Crippen LogP contribution in [0.2, 0.25) is 0 Å². The van der Waals surface area contributed by atoms with Crippen molar-refractivity contribution in [1.29, 1.82) is 0 Å². The highest BCUT2D eigenvalue weighted by Gasteiger charge is 2.19. The molecule has 1 atom stereocenters. The predicted octanol–water partition coefficient (Wildman–Crippen LogP) is 20.9. The highest BCUT2D eigenvalue weighted by Crippen LogP contribution is 2.12. The Morgan fingerprint density at radius 1 is 0.260 bits per heavy atom. The van der Waals surface area contributed by atoms with E-state index in [1.807, 2.05) is 0 Å². The van der Waals surface area contributed by atoms with E-state index in [4.69, 9.17) is 14.2 Å². The summed E-state index contributed by atoms with van der Waals surface area (Å²) in [6.45, 7) is 6.20. The summed E-state index contributed by atoms with van der Waals surface area (Å²) in [7, 11) is 0. The molecule has 0 aliphatic heterocycles. The van der Waals surface area contributed by atoms with Gasteiger partial charge in [-0.3, -0.25) is 14.4 Å². The lowest BCUT2D eigenvalue weighted by Gasteiger charge is -2.18. The highest BCUT2D eigenvalue weighted by atomic mass is 16.6. The Morgan fingerprint density at radius 3 is 0.779 bits per heavy atom. The quantitative estimate of drug-likeness (QED) is 0.0261. The summed E-state index contributed by atoms with van der Waals surface area (Å²) in [6, 6.07) is 0. The molecule has 0 rings (SSSR count). The topological polar surface area (TPSA) is 78.9 Å². The van der Waals surface area contributed by atoms with Crippen LogP contribution < -0.4 is 0 Å². The number of hydrogen-bond donors (Lipinski definition) is 0. The van der Waals surface area contributed by atoms with E-state index in [1.54, 1.807) is 0 Å². The van der Waals surface area contributed by atoms with Crippen LogP contribution in [-0.2, 0) is 28.6 Å². The fraction of sp³-hybridized carbons (Fsp3) is 0.535. The van der Waals surface area contributed by atoms with Crippen molar-refractivity contribution >= 4 is 17.9 Å². The first kappa shape index (κ1) is 71.5. The molecule has 0 saturated carbocycles. The average molecular weight is 1060 g/mol. The van der Waals surface area contributed by atoms with Crippen LogP contribution in [0.1, 0.15) is 226 Å². The first-order valence-electron chi connectivity index (χ1n) is 30.3. The Balaban J connectivity index is 4.59. The van der Waals surface area contributed by atoms with Crippen LogP contribution in [0.4, 0.5) is 0 Å². The van der Waals surface area contributed by atoms with E-state index in [0.717, 1.165) is 180 Å². The molecule has 0 saturated heterocycles. The maximum absolute atomic E-state index is 12.9. The second-order valence-electron chi connectivity index (χ2n) is 19.1. The van der Waals surface area contributed by atoms with Crippen LogP contribution in [0.3, 0.4) is 0 Å². The molecule has 0 heterocycles. The molecule has 0 bridgehead atoms. The second-order valence-corrected chi connectivity index (χ2v) is 19.1. The van der Waals surface area contributed by atoms with Gasteiger partial charge in [0.1, 0.15) is 13.2 Å². The zero-order valence-corrected chi connectivity index (χ0v) is 48.9. The molecule has 77 heavy (non-hydrogen) atoms. The molecule has 0 aliphatic rings. The van der Waals surface area contributed by atoms with Crippen molar-refractivity contribution in [3.05, 3.63) is 182 Å². The third-order valence-corrected chi connectivity index (χ3v) is 11.9. The van der Waals surface area contributed by atoms with Crippen LogP contribution in [0.15, 0.2) is 182 Å². The molecule has 0 radical (unpaired) electrons. The van der Waals surface area contributed by atoms with Crippen molar-refractivity contribution < 1.29 is 28.6 Å². The van der Waals surface area contributed by atoms with Crippen molar-refractivity contribution in [1.82, 2.24) is 0 Å². The van der Waals surface area contributed by atoms with Crippen LogP contribution >= 0.6 is 0 Å². The minimum absolute atomic E-state index is 0.124. The third-order valence-electron chi connectivity index (χ3n) is 11.9. The lowest BCUT2D eigenvalue weighted by atomic mass is 10.1. The lowest BCUT2D eigenvalue weighted by molar-refractivity contribution is -0.167. The molecule has 428 valence electrons. The minimum atomic E-state index is -0.833. The van der Waals surface area contributed by atoms with Crippen LogP contribution in [0.5, 0.6) is 0 Å². The van der Waals surface area contributed by atoms with E-state index < -0.39 is 6.10 Å². The molecule has 0 amide bonds. The molecule has 0 aromatic heterocycles. The van der Waals surface area contributed by atoms with Crippen LogP contribution in [0, 0.1) is 0 Å². The van der Waals surface area contributed by atoms with E-state index in [-0.39, 0.29) is 44.0 Å². The molecule has 0 fully saturated rings. The Labute approximate surface area is 472 Å². The maximum Gasteiger partial charge on any atom is 0.306 e. The molecule has 6 nitrogen and oxygen atoms in total. The van der Waals surface area contributed by atoms with Gasteiger partial charge in [-0.25, -0.2) is 0 Å². The van der Waals surface area contributed by atoms with Crippen molar-refractivity contribution in [3.8, 4) is 0 Å². The summed E-state index contributed by atoms with van der Waals surface area (Å²) in [5, 5.41) is 0. The van der Waals surface area contributed by atoms with Gasteiger partial charge in [-0.1, -0.05) is 242 Å². The van der Waals surface area contributed by atoms with Gasteiger partial charge in [-0.05, 0) is 148 Å². The highest BCUT2D eigenvalue weighted by molar-refractivity contribution is 5.71. The largest absolute Gasteiger partial charge is 0.462 e. The zero-order chi connectivity index (χ0) is 55.7. The Hall–Kier alpha value is -5.49. The van der Waals surface area contributed by atoms with Crippen molar-refractivity contribution in [2.75, 3.05) is 13.2 Å². The van der Waals surface area contributed by atoms with E-state index in [0.29, 0.717) is 12.8 Å². The fourth-order valence-corrected chi connectivity index (χ4v) is 7.47. The first-order valence-corrected chi connectivity index (χ1v) is 30.3. The Kier molecular flexibility index (Phi) is 58.6. The summed E-state index contributed by atoms with van der Waals surface area (Å²) in [6.07, 6.45) is 94.6. The van der Waals surface area contributed by atoms with Gasteiger partial charge < -0.3 is 14.2 Å². The molecule has 0 N–H and O–H groups in total. The summed E-state index contributed by atoms with van der Waals surface area (Å²) >= 11 is 0. The van der Waals surface area contributed by atoms with E-state index >= 15 is 0 Å². The van der Waals surface area contributed by atoms with Crippen molar-refractivity contribution in [2.24, 2.45) is 0 Å². The van der Waals surface area contributed by atoms with Gasteiger partial charge in [0.2, 0.25) is 0 Å². The van der Waals surface area contributed by atoms with Gasteiger partial charge in [0.05, 0.1) is 0 Å². The van der Waals surface area contributed by atoms with Crippen LogP contribution in [-0.4, -0.2) is 37.2 Å². The van der Waals surface area contributed by atoms with E-state index in [9.17, 15) is 14.4 Å². The molecule has 0 aromatic carbocycles. The Morgan fingerprint density at radius 2 is 0.481 bits per heavy atom. The number of rotatable bonds is 52. The summed E-state index contributed by atoms with van der Waals surface area (Å²) < 4.78 is 16.8. The zero-order valence-electron chi connectivity index (χ0n) is 48.9. The van der Waals surface area contributed by atoms with Gasteiger partial charge in [0, 0.05) is 19.3 Å². The molecule has 6 heteroatoms. The molecule has 0 aliphatic carbocycles. The summed E-state index contributed by atoms with van der Waals surface area (Å²) in [5.74, 6) is -1.03. The van der Waals surface area contributed by atoms with Gasteiger partial charge in [0.15, 0.2) is 6.10 Å². The maximum atomic E-state index is 12.9. The normalized spacial score (nSPS) is 13.4. The standard InChI is InChI=1S/C71H108O6/c1-4-7-10-13-16-19-22-25-28-31-33-35-37-40-43-46-49-52-55-58-61-64-70(73)76-67-68(66-75-69(72)63-60-57-54-51-48-45-42-39-30-27-24-21-18-15-12-9-6-3)77-71(74)65-62-59-56-53-50-47-44-41-38-36-34-32-29-26-23-20-17-14-11-8-5-2/h7-12,16-21,25-30,33-36,40-45,51,54,68H,4-6,13-15,22-24,31-32,37-39,46-50,52-53,55-67H2,1-3H3/b10-7-,11-8-,12-9-,19-16-,20-17-,21-18-,28-25-,29-26-,30-27-,35-33-,36-34-,43-40-,44-41-,45-42-,54-51-. The summed E-state index contributed by atoms with van der Waals surface area (Å²) in [4.78, 5) is 38.3. The summed E-state index contributed by atoms with van der Waals surface area (Å²) in [5.41, 5.74) is 0. The molecule has 0 aromatic rings. The fourth-order valence-electron chi connectivity index (χ4n) is 7.47. The lowest BCUT2D eigenvalue weighted by Crippen LogP contribution is -2.30. The number of carbonyl (C=O) groups is 3. The van der Waals surface area contributed by atoms with Gasteiger partial charge >= 0.3 is 17.9 Å². The molecular weight excluding hydrogens is 949 g/mol. The molecular formula is C71H108O6. The minimum Gasteiger partial charge on any atom is -0.462 e. The number of carbonyl (C=O) groups excluding carboxylic acids is 3. The van der Waals surface area contributed by atoms with Crippen LogP contribution in [0.25, 0.3) is 0 Å². The van der Waals surface area contributed by atoms with Gasteiger partial charge in [-0.15, -0.1) is 0 Å². The third kappa shape index (κ3) is 61.2. The number of allylic oxidation sites excluding steroid dienone is 30. The number of unbranched alkanes of at least 4 members (excludes halogenated alkanes) is 11. The second kappa shape index (κ2) is 63.0. The SMILES string of the molecule is CC/C=C\C/C=C\C/C=C\C/C=C\C/C=C\CCCCCCCC(=O)OCC(COC(=O)CCC/C=C\C/C=C\C/C=C\C/C=C\C/C=C\CC)OC(=O)CCCCCCC/C=C\C/C=C\C/C=C\C/C=C\C/C=C\CC.